The normalized spacial score (nSPS) is 20.9. The molecule has 0 saturated heterocycles. The predicted octanol–water partition coefficient (Wildman–Crippen LogP) is 2.08. The number of hydrogen-bond donors (Lipinski definition) is 2. The number of carbonyl (C=O) groups excluding carboxylic acids is 2. The zero-order valence-corrected chi connectivity index (χ0v) is 13.5. The molecule has 1 aliphatic rings. The van der Waals surface area contributed by atoms with Crippen molar-refractivity contribution in [3.8, 4) is 0 Å². The average molecular weight is 322 g/mol. The minimum Gasteiger partial charge on any atom is -0.393 e. The van der Waals surface area contributed by atoms with Gasteiger partial charge in [-0.05, 0) is 37.5 Å². The summed E-state index contributed by atoms with van der Waals surface area (Å²) in [5.74, 6) is -2.20. The Morgan fingerprint density at radius 3 is 2.74 bits per heavy atom. The molecular weight excluding hydrogens is 299 g/mol. The van der Waals surface area contributed by atoms with Crippen molar-refractivity contribution >= 4 is 17.5 Å². The molecule has 126 valence electrons. The average Bonchev–Trinajstić information content (AvgIpc) is 2.52. The highest BCUT2D eigenvalue weighted by Crippen LogP contribution is 2.25. The highest BCUT2D eigenvalue weighted by Gasteiger charge is 2.28. The van der Waals surface area contributed by atoms with Gasteiger partial charge in [-0.3, -0.25) is 9.59 Å². The van der Waals surface area contributed by atoms with Crippen LogP contribution in [0.1, 0.15) is 31.2 Å². The van der Waals surface area contributed by atoms with Crippen LogP contribution in [-0.4, -0.2) is 41.5 Å². The molecule has 0 heterocycles. The molecule has 0 spiro atoms. The number of likely N-dealkylation sites (N-methyl/N-ethyl adjacent to an activating group) is 1. The summed E-state index contributed by atoms with van der Waals surface area (Å²) >= 11 is 0. The fourth-order valence-electron chi connectivity index (χ4n) is 2.92. The third kappa shape index (κ3) is 4.51. The number of hydrogen-bond acceptors (Lipinski definition) is 3. The zero-order chi connectivity index (χ0) is 17.0. The number of nitrogens with zero attached hydrogens (tertiary/aromatic N) is 1. The SMILES string of the molecule is Cc1ccc(F)c(NC(=O)C(=O)N(C)CC2CCCCC2O)c1. The number of anilines is 1. The third-order valence-electron chi connectivity index (χ3n) is 4.29. The Bertz CT molecular complexity index is 591. The second-order valence-corrected chi connectivity index (χ2v) is 6.23. The molecule has 1 aliphatic carbocycles. The lowest BCUT2D eigenvalue weighted by atomic mass is 9.86. The molecule has 0 aliphatic heterocycles. The fourth-order valence-corrected chi connectivity index (χ4v) is 2.92. The van der Waals surface area contributed by atoms with E-state index in [0.29, 0.717) is 6.54 Å². The predicted molar refractivity (Wildman–Crippen MR) is 85.4 cm³/mol. The number of amides is 2. The van der Waals surface area contributed by atoms with Gasteiger partial charge in [0.25, 0.3) is 0 Å². The quantitative estimate of drug-likeness (QED) is 0.837. The number of aliphatic hydroxyl groups is 1. The lowest BCUT2D eigenvalue weighted by molar-refractivity contribution is -0.143. The van der Waals surface area contributed by atoms with Crippen molar-refractivity contribution in [3.05, 3.63) is 29.6 Å². The summed E-state index contributed by atoms with van der Waals surface area (Å²) in [5, 5.41) is 12.3. The minimum absolute atomic E-state index is 0.00514. The summed E-state index contributed by atoms with van der Waals surface area (Å²) in [6, 6.07) is 4.31. The van der Waals surface area contributed by atoms with E-state index in [4.69, 9.17) is 0 Å². The Morgan fingerprint density at radius 2 is 2.04 bits per heavy atom. The van der Waals surface area contributed by atoms with Crippen molar-refractivity contribution in [1.29, 1.82) is 0 Å². The van der Waals surface area contributed by atoms with Gasteiger partial charge in [-0.1, -0.05) is 18.9 Å². The largest absolute Gasteiger partial charge is 0.393 e. The van der Waals surface area contributed by atoms with Gasteiger partial charge < -0.3 is 15.3 Å². The molecule has 23 heavy (non-hydrogen) atoms. The molecule has 0 aromatic heterocycles. The summed E-state index contributed by atoms with van der Waals surface area (Å²) in [6.45, 7) is 2.09. The first kappa shape index (κ1) is 17.4. The molecule has 2 atom stereocenters. The molecule has 0 radical (unpaired) electrons. The maximum absolute atomic E-state index is 13.6. The number of nitrogens with one attached hydrogen (secondary N) is 1. The highest BCUT2D eigenvalue weighted by atomic mass is 19.1. The maximum atomic E-state index is 13.6. The number of aliphatic hydroxyl groups excluding tert-OH is 1. The number of aryl methyl sites for hydroxylation is 1. The van der Waals surface area contributed by atoms with Crippen LogP contribution in [0.15, 0.2) is 18.2 Å². The first-order chi connectivity index (χ1) is 10.9. The Hall–Kier alpha value is -1.95. The van der Waals surface area contributed by atoms with Crippen LogP contribution in [-0.2, 0) is 9.59 Å². The molecule has 2 N–H and O–H groups in total. The number of carbonyl (C=O) groups is 2. The second kappa shape index (κ2) is 7.55. The van der Waals surface area contributed by atoms with Gasteiger partial charge in [0.1, 0.15) is 5.82 Å². The summed E-state index contributed by atoms with van der Waals surface area (Å²) < 4.78 is 13.6. The Morgan fingerprint density at radius 1 is 1.35 bits per heavy atom. The van der Waals surface area contributed by atoms with E-state index >= 15 is 0 Å². The molecular formula is C17H23FN2O3. The summed E-state index contributed by atoms with van der Waals surface area (Å²) in [5.41, 5.74) is 0.780. The standard InChI is InChI=1S/C17H23FN2O3/c1-11-7-8-13(18)14(9-11)19-16(22)17(23)20(2)10-12-5-3-4-6-15(12)21/h7-9,12,15,21H,3-6,10H2,1-2H3,(H,19,22). The van der Waals surface area contributed by atoms with Crippen LogP contribution >= 0.6 is 0 Å². The molecule has 2 amide bonds. The van der Waals surface area contributed by atoms with Gasteiger partial charge in [-0.15, -0.1) is 0 Å². The van der Waals surface area contributed by atoms with E-state index in [9.17, 15) is 19.1 Å². The van der Waals surface area contributed by atoms with Crippen molar-refractivity contribution in [2.75, 3.05) is 18.9 Å². The summed E-state index contributed by atoms with van der Waals surface area (Å²) in [4.78, 5) is 25.4. The van der Waals surface area contributed by atoms with Crippen LogP contribution in [0.4, 0.5) is 10.1 Å². The number of halogens is 1. The van der Waals surface area contributed by atoms with Crippen LogP contribution in [0.25, 0.3) is 0 Å². The highest BCUT2D eigenvalue weighted by molar-refractivity contribution is 6.39. The smallest absolute Gasteiger partial charge is 0.313 e. The molecule has 2 rings (SSSR count). The van der Waals surface area contributed by atoms with E-state index in [1.165, 1.54) is 24.1 Å². The van der Waals surface area contributed by atoms with E-state index in [1.54, 1.807) is 13.0 Å². The summed E-state index contributed by atoms with van der Waals surface area (Å²) in [6.07, 6.45) is 3.14. The first-order valence-corrected chi connectivity index (χ1v) is 7.89. The maximum Gasteiger partial charge on any atom is 0.313 e. The van der Waals surface area contributed by atoms with Gasteiger partial charge in [0.2, 0.25) is 0 Å². The van der Waals surface area contributed by atoms with Crippen molar-refractivity contribution in [3.63, 3.8) is 0 Å². The van der Waals surface area contributed by atoms with Gasteiger partial charge in [-0.25, -0.2) is 4.39 Å². The lowest BCUT2D eigenvalue weighted by Crippen LogP contribution is -2.42. The van der Waals surface area contributed by atoms with Crippen molar-refractivity contribution in [1.82, 2.24) is 4.90 Å². The lowest BCUT2D eigenvalue weighted by Gasteiger charge is -2.30. The van der Waals surface area contributed by atoms with Gasteiger partial charge in [0, 0.05) is 19.5 Å². The monoisotopic (exact) mass is 322 g/mol. The van der Waals surface area contributed by atoms with Crippen LogP contribution in [0, 0.1) is 18.7 Å². The number of rotatable bonds is 3. The van der Waals surface area contributed by atoms with Gasteiger partial charge in [0.15, 0.2) is 0 Å². The van der Waals surface area contributed by atoms with Crippen molar-refractivity contribution in [2.45, 2.75) is 38.7 Å². The van der Waals surface area contributed by atoms with E-state index < -0.39 is 23.7 Å². The molecule has 5 nitrogen and oxygen atoms in total. The summed E-state index contributed by atoms with van der Waals surface area (Å²) in [7, 11) is 1.52. The Kier molecular flexibility index (Phi) is 5.71. The molecule has 1 aromatic rings. The second-order valence-electron chi connectivity index (χ2n) is 6.23. The fraction of sp³-hybridized carbons (Fsp3) is 0.529. The zero-order valence-electron chi connectivity index (χ0n) is 13.5. The molecule has 2 unspecified atom stereocenters. The van der Waals surface area contributed by atoms with Gasteiger partial charge in [0.05, 0.1) is 11.8 Å². The molecule has 1 fully saturated rings. The molecule has 1 saturated carbocycles. The molecule has 6 heteroatoms. The van der Waals surface area contributed by atoms with Crippen LogP contribution in [0.3, 0.4) is 0 Å². The third-order valence-corrected chi connectivity index (χ3v) is 4.29. The van der Waals surface area contributed by atoms with Crippen molar-refractivity contribution < 1.29 is 19.1 Å². The van der Waals surface area contributed by atoms with E-state index in [2.05, 4.69) is 5.32 Å². The van der Waals surface area contributed by atoms with Crippen LogP contribution in [0.5, 0.6) is 0 Å². The van der Waals surface area contributed by atoms with E-state index in [0.717, 1.165) is 31.2 Å². The van der Waals surface area contributed by atoms with E-state index in [1.807, 2.05) is 0 Å². The molecule has 0 bridgehead atoms. The van der Waals surface area contributed by atoms with Gasteiger partial charge >= 0.3 is 11.8 Å². The van der Waals surface area contributed by atoms with Gasteiger partial charge in [-0.2, -0.15) is 0 Å². The molecule has 1 aromatic carbocycles. The Labute approximate surface area is 135 Å². The van der Waals surface area contributed by atoms with Crippen LogP contribution in [0.2, 0.25) is 0 Å². The van der Waals surface area contributed by atoms with Crippen molar-refractivity contribution in [2.24, 2.45) is 5.92 Å². The number of benzene rings is 1. The Balaban J connectivity index is 1.95. The topological polar surface area (TPSA) is 69.6 Å². The first-order valence-electron chi connectivity index (χ1n) is 7.89. The van der Waals surface area contributed by atoms with Crippen LogP contribution < -0.4 is 5.32 Å². The van der Waals surface area contributed by atoms with E-state index in [-0.39, 0.29) is 11.6 Å². The minimum atomic E-state index is -0.873.